The number of ether oxygens (including phenoxy) is 1. The van der Waals surface area contributed by atoms with Crippen molar-refractivity contribution < 1.29 is 9.53 Å². The molecule has 0 unspecified atom stereocenters. The van der Waals surface area contributed by atoms with Crippen LogP contribution in [0, 0.1) is 0 Å². The number of aromatic nitrogens is 3. The van der Waals surface area contributed by atoms with Crippen molar-refractivity contribution in [1.29, 1.82) is 0 Å². The van der Waals surface area contributed by atoms with Crippen molar-refractivity contribution in [3.63, 3.8) is 0 Å². The van der Waals surface area contributed by atoms with Crippen LogP contribution in [0.1, 0.15) is 5.56 Å². The minimum absolute atomic E-state index is 0.395. The number of urea groups is 1. The predicted octanol–water partition coefficient (Wildman–Crippen LogP) is 3.39. The fourth-order valence-corrected chi connectivity index (χ4v) is 2.73. The molecule has 0 atom stereocenters. The summed E-state index contributed by atoms with van der Waals surface area (Å²) < 4.78 is 5.02. The van der Waals surface area contributed by atoms with Gasteiger partial charge in [0.25, 0.3) is 0 Å². The summed E-state index contributed by atoms with van der Waals surface area (Å²) in [7, 11) is 1.62. The van der Waals surface area contributed by atoms with Crippen molar-refractivity contribution in [1.82, 2.24) is 15.0 Å². The van der Waals surface area contributed by atoms with Crippen LogP contribution in [-0.2, 0) is 11.3 Å². The van der Waals surface area contributed by atoms with Crippen molar-refractivity contribution in [2.75, 3.05) is 17.7 Å². The molecule has 24 heavy (non-hydrogen) atoms. The average molecular weight is 341 g/mol. The van der Waals surface area contributed by atoms with E-state index in [0.717, 1.165) is 16.1 Å². The highest BCUT2D eigenvalue weighted by atomic mass is 32.1. The maximum Gasteiger partial charge on any atom is 0.326 e. The van der Waals surface area contributed by atoms with Crippen LogP contribution in [0.25, 0.3) is 10.6 Å². The van der Waals surface area contributed by atoms with Gasteiger partial charge < -0.3 is 4.74 Å². The Kier molecular flexibility index (Phi) is 5.09. The molecule has 3 heterocycles. The Morgan fingerprint density at radius 3 is 2.67 bits per heavy atom. The van der Waals surface area contributed by atoms with Gasteiger partial charge in [-0.1, -0.05) is 6.07 Å². The number of pyridine rings is 2. The molecule has 0 aliphatic heterocycles. The van der Waals surface area contributed by atoms with Crippen LogP contribution in [0.4, 0.5) is 16.4 Å². The molecular formula is C16H15N5O2S. The summed E-state index contributed by atoms with van der Waals surface area (Å²) in [5.74, 6) is 0.942. The molecule has 3 aromatic heterocycles. The van der Waals surface area contributed by atoms with E-state index in [2.05, 4.69) is 25.6 Å². The van der Waals surface area contributed by atoms with E-state index in [4.69, 9.17) is 4.74 Å². The Hall–Kier alpha value is -2.84. The van der Waals surface area contributed by atoms with Crippen molar-refractivity contribution in [3.05, 3.63) is 53.8 Å². The second-order valence-corrected chi connectivity index (χ2v) is 5.70. The van der Waals surface area contributed by atoms with E-state index in [1.54, 1.807) is 37.1 Å². The van der Waals surface area contributed by atoms with E-state index < -0.39 is 6.03 Å². The van der Waals surface area contributed by atoms with E-state index in [0.29, 0.717) is 18.2 Å². The van der Waals surface area contributed by atoms with Gasteiger partial charge in [0.1, 0.15) is 16.6 Å². The zero-order chi connectivity index (χ0) is 16.8. The maximum absolute atomic E-state index is 12.0. The van der Waals surface area contributed by atoms with E-state index >= 15 is 0 Å². The second kappa shape index (κ2) is 7.62. The minimum Gasteiger partial charge on any atom is -0.380 e. The molecule has 0 fully saturated rings. The molecule has 2 N–H and O–H groups in total. The van der Waals surface area contributed by atoms with E-state index in [-0.39, 0.29) is 0 Å². The Balaban J connectivity index is 1.60. The molecule has 0 bridgehead atoms. The lowest BCUT2D eigenvalue weighted by Gasteiger charge is -2.05. The Morgan fingerprint density at radius 1 is 1.17 bits per heavy atom. The van der Waals surface area contributed by atoms with Gasteiger partial charge >= 0.3 is 6.03 Å². The van der Waals surface area contributed by atoms with Crippen LogP contribution in [0.3, 0.4) is 0 Å². The zero-order valence-electron chi connectivity index (χ0n) is 12.9. The van der Waals surface area contributed by atoms with Gasteiger partial charge in [0.05, 0.1) is 6.61 Å². The smallest absolute Gasteiger partial charge is 0.326 e. The van der Waals surface area contributed by atoms with Gasteiger partial charge in [0.2, 0.25) is 0 Å². The number of methoxy groups -OCH3 is 1. The highest BCUT2D eigenvalue weighted by Gasteiger charge is 2.08. The number of nitrogens with one attached hydrogen (secondary N) is 2. The number of thiazole rings is 1. The molecule has 0 aliphatic carbocycles. The molecule has 0 radical (unpaired) electrons. The van der Waals surface area contributed by atoms with E-state index in [1.165, 1.54) is 11.3 Å². The number of hydrogen-bond acceptors (Lipinski definition) is 6. The van der Waals surface area contributed by atoms with Crippen LogP contribution < -0.4 is 10.6 Å². The molecule has 3 aromatic rings. The second-order valence-electron chi connectivity index (χ2n) is 4.84. The molecule has 2 amide bonds. The number of carbonyl (C=O) groups is 1. The number of anilines is 2. The molecule has 122 valence electrons. The lowest BCUT2D eigenvalue weighted by molar-refractivity contribution is 0.184. The van der Waals surface area contributed by atoms with Crippen LogP contribution in [0.2, 0.25) is 0 Å². The Labute approximate surface area is 142 Å². The van der Waals surface area contributed by atoms with Gasteiger partial charge in [0, 0.05) is 36.6 Å². The summed E-state index contributed by atoms with van der Waals surface area (Å²) in [6.45, 7) is 0.482. The highest BCUT2D eigenvalue weighted by molar-refractivity contribution is 7.13. The van der Waals surface area contributed by atoms with Crippen LogP contribution >= 0.6 is 11.3 Å². The quantitative estimate of drug-likeness (QED) is 0.742. The molecule has 0 saturated carbocycles. The first-order valence-corrected chi connectivity index (χ1v) is 8.00. The number of amides is 2. The molecule has 0 aliphatic rings. The van der Waals surface area contributed by atoms with Crippen LogP contribution in [-0.4, -0.2) is 28.1 Å². The molecule has 0 aromatic carbocycles. The largest absolute Gasteiger partial charge is 0.380 e. The van der Waals surface area contributed by atoms with Gasteiger partial charge in [-0.15, -0.1) is 11.3 Å². The first-order valence-electron chi connectivity index (χ1n) is 7.12. The summed E-state index contributed by atoms with van der Waals surface area (Å²) in [4.78, 5) is 24.5. The number of hydrogen-bond donors (Lipinski definition) is 2. The normalized spacial score (nSPS) is 10.4. The standard InChI is InChI=1S/C16H15N5O2S/c1-23-9-11-2-3-13(18-8-11)20-16(22)21-14-10-24-15(19-14)12-4-6-17-7-5-12/h2-8,10H,9H2,1H3,(H2,18,20,21,22). The number of carbonyl (C=O) groups excluding carboxylic acids is 1. The van der Waals surface area contributed by atoms with Crippen molar-refractivity contribution >= 4 is 29.0 Å². The van der Waals surface area contributed by atoms with Gasteiger partial charge in [0.15, 0.2) is 0 Å². The first kappa shape index (κ1) is 16.0. The molecular weight excluding hydrogens is 326 g/mol. The fourth-order valence-electron chi connectivity index (χ4n) is 1.97. The monoisotopic (exact) mass is 341 g/mol. The van der Waals surface area contributed by atoms with Crippen LogP contribution in [0.15, 0.2) is 48.2 Å². The summed E-state index contributed by atoms with van der Waals surface area (Å²) in [5.41, 5.74) is 1.89. The summed E-state index contributed by atoms with van der Waals surface area (Å²) in [6.07, 6.45) is 5.06. The summed E-state index contributed by atoms with van der Waals surface area (Å²) >= 11 is 1.45. The Morgan fingerprint density at radius 2 is 1.96 bits per heavy atom. The van der Waals surface area contributed by atoms with Crippen molar-refractivity contribution in [2.24, 2.45) is 0 Å². The highest BCUT2D eigenvalue weighted by Crippen LogP contribution is 2.25. The molecule has 8 heteroatoms. The number of nitrogens with zero attached hydrogens (tertiary/aromatic N) is 3. The van der Waals surface area contributed by atoms with Crippen molar-refractivity contribution in [3.8, 4) is 10.6 Å². The SMILES string of the molecule is COCc1ccc(NC(=O)Nc2csc(-c3ccncc3)n2)nc1. The lowest BCUT2D eigenvalue weighted by Crippen LogP contribution is -2.20. The zero-order valence-corrected chi connectivity index (χ0v) is 13.7. The third-order valence-electron chi connectivity index (χ3n) is 3.05. The third-order valence-corrected chi connectivity index (χ3v) is 3.94. The molecule has 7 nitrogen and oxygen atoms in total. The van der Waals surface area contributed by atoms with Gasteiger partial charge in [-0.25, -0.2) is 14.8 Å². The maximum atomic E-state index is 12.0. The predicted molar refractivity (Wildman–Crippen MR) is 92.9 cm³/mol. The minimum atomic E-state index is -0.395. The van der Waals surface area contributed by atoms with E-state index in [1.807, 2.05) is 18.2 Å². The molecule has 0 saturated heterocycles. The lowest BCUT2D eigenvalue weighted by atomic mass is 10.3. The first-order chi connectivity index (χ1) is 11.7. The molecule has 3 rings (SSSR count). The van der Waals surface area contributed by atoms with Gasteiger partial charge in [-0.2, -0.15) is 0 Å². The van der Waals surface area contributed by atoms with Gasteiger partial charge in [-0.05, 0) is 23.8 Å². The Bertz CT molecular complexity index is 805. The van der Waals surface area contributed by atoms with Crippen LogP contribution in [0.5, 0.6) is 0 Å². The third kappa shape index (κ3) is 4.12. The van der Waals surface area contributed by atoms with E-state index in [9.17, 15) is 4.79 Å². The summed E-state index contributed by atoms with van der Waals surface area (Å²) in [5, 5.41) is 7.95. The van der Waals surface area contributed by atoms with Crippen molar-refractivity contribution in [2.45, 2.75) is 6.61 Å². The molecule has 0 spiro atoms. The number of rotatable bonds is 5. The average Bonchev–Trinajstić information content (AvgIpc) is 3.06. The topological polar surface area (TPSA) is 89.0 Å². The summed E-state index contributed by atoms with van der Waals surface area (Å²) in [6, 6.07) is 6.91. The fraction of sp³-hybridized carbons (Fsp3) is 0.125. The van der Waals surface area contributed by atoms with Gasteiger partial charge in [-0.3, -0.25) is 15.6 Å².